The monoisotopic (exact) mass is 272 g/mol. The van der Waals surface area contributed by atoms with Gasteiger partial charge in [-0.2, -0.15) is 0 Å². The molecule has 2 nitrogen and oxygen atoms in total. The molecule has 0 radical (unpaired) electrons. The van der Waals surface area contributed by atoms with E-state index in [0.29, 0.717) is 11.1 Å². The lowest BCUT2D eigenvalue weighted by atomic mass is 10.2. The van der Waals surface area contributed by atoms with Crippen LogP contribution in [0.2, 0.25) is 5.02 Å². The van der Waals surface area contributed by atoms with E-state index in [1.54, 1.807) is 0 Å². The molecule has 3 rings (SSSR count). The highest BCUT2D eigenvalue weighted by Crippen LogP contribution is 2.29. The van der Waals surface area contributed by atoms with E-state index < -0.39 is 0 Å². The lowest BCUT2D eigenvalue weighted by Crippen LogP contribution is -2.00. The fourth-order valence-corrected chi connectivity index (χ4v) is 2.82. The molecule has 3 heteroatoms. The Morgan fingerprint density at radius 2 is 1.95 bits per heavy atom. The first-order chi connectivity index (χ1) is 9.33. The molecule has 1 heterocycles. The van der Waals surface area contributed by atoms with Gasteiger partial charge in [-0.05, 0) is 31.0 Å². The van der Waals surface area contributed by atoms with Crippen LogP contribution in [0.1, 0.15) is 37.3 Å². The maximum Gasteiger partial charge on any atom is 0.0816 e. The quantitative estimate of drug-likeness (QED) is 0.699. The highest BCUT2D eigenvalue weighted by molar-refractivity contribution is 6.33. The van der Waals surface area contributed by atoms with Crippen molar-refractivity contribution >= 4 is 23.5 Å². The number of para-hydroxylation sites is 1. The predicted molar refractivity (Wildman–Crippen MR) is 80.6 cm³/mol. The summed E-state index contributed by atoms with van der Waals surface area (Å²) < 4.78 is 2.32. The number of halogens is 1. The van der Waals surface area contributed by atoms with Crippen molar-refractivity contribution < 1.29 is 0 Å². The Morgan fingerprint density at radius 1 is 1.16 bits per heavy atom. The van der Waals surface area contributed by atoms with Gasteiger partial charge in [-0.1, -0.05) is 36.6 Å². The Labute approximate surface area is 118 Å². The molecule has 1 aromatic heterocycles. The van der Waals surface area contributed by atoms with Crippen molar-refractivity contribution in [3.05, 3.63) is 53.3 Å². The van der Waals surface area contributed by atoms with E-state index >= 15 is 0 Å². The molecular formula is C16H17ClN2. The lowest BCUT2D eigenvalue weighted by molar-refractivity contribution is 0.521. The molecule has 0 unspecified atom stereocenters. The van der Waals surface area contributed by atoms with Gasteiger partial charge in [0.1, 0.15) is 0 Å². The first-order valence-corrected chi connectivity index (χ1v) is 7.17. The predicted octanol–water partition coefficient (Wildman–Crippen LogP) is 5.01. The molecule has 98 valence electrons. The number of aliphatic imine (C=N–C) groups is 1. The summed E-state index contributed by atoms with van der Waals surface area (Å²) in [6.45, 7) is 0. The van der Waals surface area contributed by atoms with Crippen LogP contribution in [0.5, 0.6) is 0 Å². The number of benzene rings is 1. The van der Waals surface area contributed by atoms with Crippen molar-refractivity contribution in [3.8, 4) is 0 Å². The van der Waals surface area contributed by atoms with E-state index in [9.17, 15) is 0 Å². The van der Waals surface area contributed by atoms with Crippen LogP contribution in [-0.4, -0.2) is 10.8 Å². The zero-order chi connectivity index (χ0) is 13.1. The summed E-state index contributed by atoms with van der Waals surface area (Å²) in [5, 5.41) is 0.689. The molecule has 1 fully saturated rings. The second-order valence-electron chi connectivity index (χ2n) is 5.04. The molecule has 1 aliphatic carbocycles. The SMILES string of the molecule is Clc1ccccc1N=Cc1ccn(C2CCCC2)c1. The minimum Gasteiger partial charge on any atom is -0.351 e. The Balaban J connectivity index is 1.75. The third-order valence-corrected chi connectivity index (χ3v) is 4.01. The zero-order valence-corrected chi connectivity index (χ0v) is 11.6. The van der Waals surface area contributed by atoms with Crippen molar-refractivity contribution in [2.75, 3.05) is 0 Å². The van der Waals surface area contributed by atoms with E-state index in [0.717, 1.165) is 11.3 Å². The standard InChI is InChI=1S/C16H17ClN2/c17-15-7-3-4-8-16(15)18-11-13-9-10-19(12-13)14-5-1-2-6-14/h3-4,7-12,14H,1-2,5-6H2. The third kappa shape index (κ3) is 2.90. The molecule has 0 aliphatic heterocycles. The average molecular weight is 273 g/mol. The summed E-state index contributed by atoms with van der Waals surface area (Å²) >= 11 is 6.08. The van der Waals surface area contributed by atoms with Crippen molar-refractivity contribution in [2.24, 2.45) is 4.99 Å². The first kappa shape index (κ1) is 12.5. The van der Waals surface area contributed by atoms with Gasteiger partial charge < -0.3 is 4.57 Å². The molecular weight excluding hydrogens is 256 g/mol. The van der Waals surface area contributed by atoms with Crippen LogP contribution in [0.4, 0.5) is 5.69 Å². The summed E-state index contributed by atoms with van der Waals surface area (Å²) in [6.07, 6.45) is 11.5. The van der Waals surface area contributed by atoms with Gasteiger partial charge in [0, 0.05) is 30.2 Å². The van der Waals surface area contributed by atoms with Crippen LogP contribution in [-0.2, 0) is 0 Å². The normalized spacial score (nSPS) is 16.5. The van der Waals surface area contributed by atoms with Gasteiger partial charge in [-0.15, -0.1) is 0 Å². The van der Waals surface area contributed by atoms with Gasteiger partial charge in [0.2, 0.25) is 0 Å². The Bertz CT molecular complexity index is 580. The van der Waals surface area contributed by atoms with Gasteiger partial charge in [0.05, 0.1) is 10.7 Å². The van der Waals surface area contributed by atoms with Crippen LogP contribution in [0.15, 0.2) is 47.7 Å². The maximum absolute atomic E-state index is 6.08. The fraction of sp³-hybridized carbons (Fsp3) is 0.312. The number of aromatic nitrogens is 1. The zero-order valence-electron chi connectivity index (χ0n) is 10.8. The van der Waals surface area contributed by atoms with Gasteiger partial charge in [-0.3, -0.25) is 4.99 Å². The summed E-state index contributed by atoms with van der Waals surface area (Å²) in [5.74, 6) is 0. The third-order valence-electron chi connectivity index (χ3n) is 3.69. The van der Waals surface area contributed by atoms with Gasteiger partial charge >= 0.3 is 0 Å². The van der Waals surface area contributed by atoms with Gasteiger partial charge in [0.15, 0.2) is 0 Å². The van der Waals surface area contributed by atoms with Crippen LogP contribution >= 0.6 is 11.6 Å². The molecule has 1 saturated carbocycles. The number of nitrogens with zero attached hydrogens (tertiary/aromatic N) is 2. The Morgan fingerprint density at radius 3 is 2.74 bits per heavy atom. The molecule has 0 N–H and O–H groups in total. The van der Waals surface area contributed by atoms with E-state index in [4.69, 9.17) is 11.6 Å². The number of hydrogen-bond donors (Lipinski definition) is 0. The summed E-state index contributed by atoms with van der Waals surface area (Å²) in [7, 11) is 0. The van der Waals surface area contributed by atoms with Gasteiger partial charge in [-0.25, -0.2) is 0 Å². The smallest absolute Gasteiger partial charge is 0.0816 e. The van der Waals surface area contributed by atoms with Crippen molar-refractivity contribution in [1.29, 1.82) is 0 Å². The van der Waals surface area contributed by atoms with Crippen molar-refractivity contribution in [1.82, 2.24) is 4.57 Å². The Kier molecular flexibility index (Phi) is 3.69. The Hall–Kier alpha value is -1.54. The van der Waals surface area contributed by atoms with Crippen LogP contribution < -0.4 is 0 Å². The van der Waals surface area contributed by atoms with Crippen LogP contribution in [0.25, 0.3) is 0 Å². The number of hydrogen-bond acceptors (Lipinski definition) is 1. The molecule has 0 saturated heterocycles. The van der Waals surface area contributed by atoms with E-state index in [-0.39, 0.29) is 0 Å². The minimum absolute atomic E-state index is 0.683. The topological polar surface area (TPSA) is 17.3 Å². The first-order valence-electron chi connectivity index (χ1n) is 6.79. The summed E-state index contributed by atoms with van der Waals surface area (Å²) in [4.78, 5) is 4.45. The highest BCUT2D eigenvalue weighted by Gasteiger charge is 2.15. The molecule has 0 amide bonds. The second-order valence-corrected chi connectivity index (χ2v) is 5.45. The minimum atomic E-state index is 0.683. The fourth-order valence-electron chi connectivity index (χ4n) is 2.64. The molecule has 19 heavy (non-hydrogen) atoms. The molecule has 1 aromatic carbocycles. The van der Waals surface area contributed by atoms with Crippen molar-refractivity contribution in [2.45, 2.75) is 31.7 Å². The van der Waals surface area contributed by atoms with Crippen LogP contribution in [0.3, 0.4) is 0 Å². The van der Waals surface area contributed by atoms with Crippen LogP contribution in [0, 0.1) is 0 Å². The second kappa shape index (κ2) is 5.62. The van der Waals surface area contributed by atoms with Crippen molar-refractivity contribution in [3.63, 3.8) is 0 Å². The lowest BCUT2D eigenvalue weighted by Gasteiger charge is -2.10. The van der Waals surface area contributed by atoms with E-state index in [1.165, 1.54) is 25.7 Å². The molecule has 0 spiro atoms. The molecule has 0 bridgehead atoms. The molecule has 2 aromatic rings. The maximum atomic E-state index is 6.08. The number of rotatable bonds is 3. The molecule has 1 aliphatic rings. The summed E-state index contributed by atoms with van der Waals surface area (Å²) in [6, 6.07) is 10.4. The highest BCUT2D eigenvalue weighted by atomic mass is 35.5. The van der Waals surface area contributed by atoms with E-state index in [2.05, 4.69) is 28.0 Å². The average Bonchev–Trinajstić information content (AvgIpc) is 3.09. The van der Waals surface area contributed by atoms with Gasteiger partial charge in [0.25, 0.3) is 0 Å². The van der Waals surface area contributed by atoms with E-state index in [1.807, 2.05) is 30.5 Å². The largest absolute Gasteiger partial charge is 0.351 e. The molecule has 0 atom stereocenters. The summed E-state index contributed by atoms with van der Waals surface area (Å²) in [5.41, 5.74) is 1.95.